The topological polar surface area (TPSA) is 128 Å². The zero-order valence-corrected chi connectivity index (χ0v) is 16.5. The fraction of sp³-hybridized carbons (Fsp3) is 0.632. The Morgan fingerprint density at radius 2 is 2.13 bits per heavy atom. The molecule has 3 atom stereocenters. The van der Waals surface area contributed by atoms with E-state index in [0.29, 0.717) is 16.3 Å². The molecule has 30 heavy (non-hydrogen) atoms. The van der Waals surface area contributed by atoms with Gasteiger partial charge >= 0.3 is 0 Å². The Kier molecular flexibility index (Phi) is 7.14. The lowest BCUT2D eigenvalue weighted by atomic mass is 9.91. The minimum Gasteiger partial charge on any atom is -0.410 e. The molecule has 10 nitrogen and oxygen atoms in total. The van der Waals surface area contributed by atoms with Crippen molar-refractivity contribution in [3.05, 3.63) is 23.8 Å². The van der Waals surface area contributed by atoms with E-state index < -0.39 is 29.9 Å². The molecule has 2 N–H and O–H groups in total. The molecule has 0 bridgehead atoms. The normalized spacial score (nSPS) is 23.5. The molecule has 2 aliphatic rings. The Balaban J connectivity index is 1.81. The summed E-state index contributed by atoms with van der Waals surface area (Å²) in [5, 5.41) is 23.3. The molecule has 3 unspecified atom stereocenters. The molecular formula is C19H26FN5O5. The number of hydroxylamine groups is 2. The summed E-state index contributed by atoms with van der Waals surface area (Å²) in [5.41, 5.74) is -0.137. The van der Waals surface area contributed by atoms with E-state index in [4.69, 9.17) is 0 Å². The van der Waals surface area contributed by atoms with Gasteiger partial charge in [0.25, 0.3) is 5.91 Å². The highest BCUT2D eigenvalue weighted by Crippen LogP contribution is 2.32. The van der Waals surface area contributed by atoms with Gasteiger partial charge in [0.15, 0.2) is 5.49 Å². The van der Waals surface area contributed by atoms with Gasteiger partial charge in [0, 0.05) is 6.42 Å². The highest BCUT2D eigenvalue weighted by atomic mass is 19.1. The van der Waals surface area contributed by atoms with E-state index in [2.05, 4.69) is 10.1 Å². The Morgan fingerprint density at radius 3 is 2.80 bits per heavy atom. The summed E-state index contributed by atoms with van der Waals surface area (Å²) in [5.74, 6) is -1.72. The predicted molar refractivity (Wildman–Crippen MR) is 99.6 cm³/mol. The molecule has 2 heterocycles. The number of hydrogen-bond donors (Lipinski definition) is 2. The van der Waals surface area contributed by atoms with Crippen LogP contribution in [0.4, 0.5) is 4.39 Å². The van der Waals surface area contributed by atoms with E-state index in [9.17, 15) is 29.2 Å². The standard InChI is InChI=1S/C19H26FN5O5/c20-15-9-16(18(27)22-17-6-3-7-21-25(17)30)24(11-15)19(28)14(10-23(29)12-26)8-13-4-1-2-5-13/h3,6-7,12-16,29-30H,1-2,4-5,8-11H2. The lowest BCUT2D eigenvalue weighted by Gasteiger charge is -2.29. The van der Waals surface area contributed by atoms with Gasteiger partial charge in [0.2, 0.25) is 12.3 Å². The first-order valence-corrected chi connectivity index (χ1v) is 10.1. The second-order valence-corrected chi connectivity index (χ2v) is 7.87. The summed E-state index contributed by atoms with van der Waals surface area (Å²) in [6, 6.07) is 1.71. The minimum absolute atomic E-state index is 0.137. The number of likely N-dealkylation sites (tertiary alicyclic amines) is 1. The van der Waals surface area contributed by atoms with Gasteiger partial charge in [0.05, 0.1) is 25.2 Å². The molecule has 1 aromatic heterocycles. The molecule has 0 aromatic carbocycles. The van der Waals surface area contributed by atoms with Gasteiger partial charge in [-0.15, -0.1) is 5.10 Å². The largest absolute Gasteiger partial charge is 0.410 e. The molecule has 2 fully saturated rings. The monoisotopic (exact) mass is 423 g/mol. The van der Waals surface area contributed by atoms with Crippen molar-refractivity contribution in [3.8, 4) is 0 Å². The number of amides is 3. The van der Waals surface area contributed by atoms with Crippen LogP contribution in [0.15, 0.2) is 23.3 Å². The molecule has 0 radical (unpaired) electrons. The van der Waals surface area contributed by atoms with Gasteiger partial charge in [-0.1, -0.05) is 30.5 Å². The number of rotatable bonds is 7. The average molecular weight is 423 g/mol. The molecule has 0 spiro atoms. The first-order chi connectivity index (χ1) is 14.4. The van der Waals surface area contributed by atoms with Gasteiger partial charge in [0.1, 0.15) is 12.2 Å². The van der Waals surface area contributed by atoms with Gasteiger partial charge in [-0.3, -0.25) is 19.6 Å². The third kappa shape index (κ3) is 5.21. The number of carbonyl (C=O) groups excluding carboxylic acids is 3. The van der Waals surface area contributed by atoms with Crippen LogP contribution in [-0.2, 0) is 14.4 Å². The van der Waals surface area contributed by atoms with Crippen molar-refractivity contribution in [2.45, 2.75) is 50.7 Å². The Hall–Kier alpha value is -2.82. The van der Waals surface area contributed by atoms with Crippen molar-refractivity contribution >= 4 is 18.2 Å². The Morgan fingerprint density at radius 1 is 1.40 bits per heavy atom. The predicted octanol–water partition coefficient (Wildman–Crippen LogP) is 0.531. The van der Waals surface area contributed by atoms with Crippen LogP contribution in [0.3, 0.4) is 0 Å². The zero-order valence-electron chi connectivity index (χ0n) is 16.5. The van der Waals surface area contributed by atoms with Gasteiger partial charge in [-0.05, 0) is 24.5 Å². The number of halogens is 1. The number of carbonyl (C=O) groups is 3. The van der Waals surface area contributed by atoms with Gasteiger partial charge < -0.3 is 10.1 Å². The quantitative estimate of drug-likeness (QED) is 0.285. The summed E-state index contributed by atoms with van der Waals surface area (Å²) in [6.45, 7) is -0.478. The summed E-state index contributed by atoms with van der Waals surface area (Å²) in [6.07, 6.45) is 4.41. The summed E-state index contributed by atoms with van der Waals surface area (Å²) in [7, 11) is 0. The molecule has 1 aliphatic heterocycles. The van der Waals surface area contributed by atoms with Crippen molar-refractivity contribution in [2.24, 2.45) is 16.8 Å². The van der Waals surface area contributed by atoms with Crippen LogP contribution in [0.5, 0.6) is 0 Å². The molecule has 11 heteroatoms. The van der Waals surface area contributed by atoms with Crippen molar-refractivity contribution in [1.29, 1.82) is 0 Å². The maximum Gasteiger partial charge on any atom is 0.270 e. The van der Waals surface area contributed by atoms with Crippen LogP contribution in [0.25, 0.3) is 0 Å². The highest BCUT2D eigenvalue weighted by Gasteiger charge is 2.42. The summed E-state index contributed by atoms with van der Waals surface area (Å²) < 4.78 is 14.2. The third-order valence-electron chi connectivity index (χ3n) is 5.73. The van der Waals surface area contributed by atoms with Crippen LogP contribution in [0.2, 0.25) is 0 Å². The first-order valence-electron chi connectivity index (χ1n) is 10.1. The molecule has 164 valence electrons. The van der Waals surface area contributed by atoms with E-state index in [0.717, 1.165) is 30.6 Å². The van der Waals surface area contributed by atoms with Crippen LogP contribution < -0.4 is 5.49 Å². The molecule has 3 rings (SSSR count). The smallest absolute Gasteiger partial charge is 0.270 e. The molecule has 1 aromatic rings. The average Bonchev–Trinajstić information content (AvgIpc) is 3.38. The van der Waals surface area contributed by atoms with Crippen molar-refractivity contribution < 1.29 is 29.2 Å². The second kappa shape index (κ2) is 9.79. The molecule has 1 saturated carbocycles. The van der Waals surface area contributed by atoms with Crippen molar-refractivity contribution in [1.82, 2.24) is 19.9 Å². The maximum atomic E-state index is 14.2. The zero-order chi connectivity index (χ0) is 21.7. The molecule has 1 saturated heterocycles. The van der Waals surface area contributed by atoms with E-state index in [1.54, 1.807) is 0 Å². The van der Waals surface area contributed by atoms with Crippen LogP contribution in [0, 0.1) is 11.8 Å². The Bertz CT molecular complexity index is 841. The second-order valence-electron chi connectivity index (χ2n) is 7.87. The minimum atomic E-state index is -1.39. The summed E-state index contributed by atoms with van der Waals surface area (Å²) >= 11 is 0. The molecule has 1 aliphatic carbocycles. The van der Waals surface area contributed by atoms with Crippen molar-refractivity contribution in [2.75, 3.05) is 13.1 Å². The van der Waals surface area contributed by atoms with Crippen LogP contribution in [0.1, 0.15) is 38.5 Å². The summed E-state index contributed by atoms with van der Waals surface area (Å²) in [4.78, 5) is 42.1. The molecular weight excluding hydrogens is 397 g/mol. The first kappa shape index (κ1) is 21.9. The number of aromatic nitrogens is 2. The van der Waals surface area contributed by atoms with Gasteiger partial charge in [-0.25, -0.2) is 9.45 Å². The highest BCUT2D eigenvalue weighted by molar-refractivity contribution is 5.90. The van der Waals surface area contributed by atoms with E-state index >= 15 is 0 Å². The van der Waals surface area contributed by atoms with E-state index in [1.165, 1.54) is 18.3 Å². The third-order valence-corrected chi connectivity index (χ3v) is 5.73. The molecule has 3 amide bonds. The van der Waals surface area contributed by atoms with Crippen LogP contribution >= 0.6 is 0 Å². The number of nitrogens with zero attached hydrogens (tertiary/aromatic N) is 5. The van der Waals surface area contributed by atoms with E-state index in [-0.39, 0.29) is 37.3 Å². The lowest BCUT2D eigenvalue weighted by Crippen LogP contribution is -2.46. The number of alkyl halides is 1. The van der Waals surface area contributed by atoms with Gasteiger partial charge in [-0.2, -0.15) is 4.99 Å². The fourth-order valence-electron chi connectivity index (χ4n) is 4.29. The lowest BCUT2D eigenvalue weighted by molar-refractivity contribution is -0.158. The van der Waals surface area contributed by atoms with Crippen LogP contribution in [-0.4, -0.2) is 73.8 Å². The Labute approximate surface area is 172 Å². The SMILES string of the molecule is O=CN(O)CC(CC1CCCC1)C(=O)N1CC(F)CC1C(=O)N=c1cccnn1O. The number of hydrogen-bond acceptors (Lipinski definition) is 6. The fourth-order valence-corrected chi connectivity index (χ4v) is 4.29. The maximum absolute atomic E-state index is 14.2. The van der Waals surface area contributed by atoms with Crippen molar-refractivity contribution in [3.63, 3.8) is 0 Å². The van der Waals surface area contributed by atoms with E-state index in [1.807, 2.05) is 0 Å².